The van der Waals surface area contributed by atoms with Crippen LogP contribution in [0.25, 0.3) is 0 Å². The molecule has 0 aliphatic carbocycles. The van der Waals surface area contributed by atoms with Crippen molar-refractivity contribution in [3.8, 4) is 0 Å². The van der Waals surface area contributed by atoms with Crippen molar-refractivity contribution in [2.75, 3.05) is 6.16 Å². The van der Waals surface area contributed by atoms with Crippen LogP contribution in [0.3, 0.4) is 0 Å². The van der Waals surface area contributed by atoms with Crippen molar-refractivity contribution in [3.05, 3.63) is 0 Å². The Bertz CT molecular complexity index is 123. The first-order valence-corrected chi connectivity index (χ1v) is 11.7. The summed E-state index contributed by atoms with van der Waals surface area (Å²) >= 11 is 3.51. The lowest BCUT2D eigenvalue weighted by atomic mass is 10.0. The summed E-state index contributed by atoms with van der Waals surface area (Å²) in [4.78, 5) is 0. The Morgan fingerprint density at radius 2 is 0.889 bits per heavy atom. The third-order valence-corrected chi connectivity index (χ3v) is 5.36. The van der Waals surface area contributed by atoms with Crippen LogP contribution in [0.5, 0.6) is 0 Å². The lowest BCUT2D eigenvalue weighted by molar-refractivity contribution is 0.538. The van der Waals surface area contributed by atoms with E-state index in [9.17, 15) is 0 Å². The van der Waals surface area contributed by atoms with Gasteiger partial charge in [0.2, 0.25) is 0 Å². The van der Waals surface area contributed by atoms with Crippen molar-refractivity contribution in [3.63, 3.8) is 0 Å². The predicted molar refractivity (Wildman–Crippen MR) is 92.4 cm³/mol. The summed E-state index contributed by atoms with van der Waals surface area (Å²) in [5.74, 6) is 0. The van der Waals surface area contributed by atoms with E-state index in [4.69, 9.17) is 0 Å². The fraction of sp³-hybridized carbons (Fsp3) is 1.00. The third kappa shape index (κ3) is 16.9. The second kappa shape index (κ2) is 17.9. The van der Waals surface area contributed by atoms with Crippen LogP contribution in [0.1, 0.15) is 96.8 Å². The average molecular weight is 337 g/mol. The number of hydrogen-bond acceptors (Lipinski definition) is 0. The van der Waals surface area contributed by atoms with E-state index in [1.165, 1.54) is 96.1 Å². The molecule has 0 fully saturated rings. The van der Waals surface area contributed by atoms with E-state index in [-0.39, 0.29) is 0 Å². The van der Waals surface area contributed by atoms with E-state index in [1.807, 2.05) is 0 Å². The molecule has 18 heavy (non-hydrogen) atoms. The standard InChI is InChI=1S/C16H34BrP/c1-2-3-4-5-6-7-8-9-10-11-12-13-14-15-16-18-17/h18H,2-16H2,1H3. The molecule has 1 unspecified atom stereocenters. The molecule has 0 aromatic rings. The SMILES string of the molecule is CCCCCCCCCCCCCCCCPBr. The molecule has 0 N–H and O–H groups in total. The third-order valence-electron chi connectivity index (χ3n) is 3.62. The first-order valence-electron chi connectivity index (χ1n) is 8.25. The van der Waals surface area contributed by atoms with Gasteiger partial charge in [-0.1, -0.05) is 113 Å². The summed E-state index contributed by atoms with van der Waals surface area (Å²) in [5, 5.41) is 0. The van der Waals surface area contributed by atoms with Gasteiger partial charge in [0.05, 0.1) is 0 Å². The molecule has 0 bridgehead atoms. The average Bonchev–Trinajstić information content (AvgIpc) is 2.39. The first-order chi connectivity index (χ1) is 8.91. The van der Waals surface area contributed by atoms with Gasteiger partial charge in [-0.25, -0.2) is 0 Å². The minimum absolute atomic E-state index is 0.982. The summed E-state index contributed by atoms with van der Waals surface area (Å²) in [7, 11) is 0.982. The van der Waals surface area contributed by atoms with Gasteiger partial charge in [0.25, 0.3) is 0 Å². The molecule has 0 radical (unpaired) electrons. The molecule has 0 saturated heterocycles. The Balaban J connectivity index is 2.86. The Morgan fingerprint density at radius 1 is 0.556 bits per heavy atom. The van der Waals surface area contributed by atoms with E-state index in [2.05, 4.69) is 22.4 Å². The zero-order valence-corrected chi connectivity index (χ0v) is 15.1. The molecule has 0 amide bonds. The quantitative estimate of drug-likeness (QED) is 0.215. The van der Waals surface area contributed by atoms with Crippen LogP contribution in [-0.4, -0.2) is 6.16 Å². The lowest BCUT2D eigenvalue weighted by Gasteiger charge is -2.02. The van der Waals surface area contributed by atoms with Gasteiger partial charge in [0, 0.05) is 0 Å². The fourth-order valence-corrected chi connectivity index (χ4v) is 3.61. The summed E-state index contributed by atoms with van der Waals surface area (Å²) in [5.41, 5.74) is 0. The van der Waals surface area contributed by atoms with Crippen molar-refractivity contribution in [1.82, 2.24) is 0 Å². The van der Waals surface area contributed by atoms with E-state index < -0.39 is 0 Å². The Morgan fingerprint density at radius 3 is 1.22 bits per heavy atom. The Labute approximate surface area is 126 Å². The summed E-state index contributed by atoms with van der Waals surface area (Å²) < 4.78 is 0. The maximum Gasteiger partial charge on any atom is -0.0255 e. The maximum atomic E-state index is 3.51. The van der Waals surface area contributed by atoms with Crippen LogP contribution in [0, 0.1) is 0 Å². The van der Waals surface area contributed by atoms with Gasteiger partial charge in [-0.2, -0.15) is 0 Å². The van der Waals surface area contributed by atoms with Gasteiger partial charge in [-0.15, -0.1) is 0 Å². The summed E-state index contributed by atoms with van der Waals surface area (Å²) in [6.45, 7) is 2.29. The maximum absolute atomic E-state index is 3.51. The van der Waals surface area contributed by atoms with E-state index >= 15 is 0 Å². The van der Waals surface area contributed by atoms with Gasteiger partial charge in [0.1, 0.15) is 0 Å². The molecule has 0 nitrogen and oxygen atoms in total. The smallest absolute Gasteiger partial charge is 0.0255 e. The highest BCUT2D eigenvalue weighted by Gasteiger charge is 1.93. The highest BCUT2D eigenvalue weighted by atomic mass is 79.9. The molecule has 110 valence electrons. The number of unbranched alkanes of at least 4 members (excludes halogenated alkanes) is 13. The van der Waals surface area contributed by atoms with Gasteiger partial charge < -0.3 is 0 Å². The van der Waals surface area contributed by atoms with Crippen LogP contribution >= 0.6 is 22.8 Å². The highest BCUT2D eigenvalue weighted by molar-refractivity contribution is 9.36. The number of halogens is 1. The minimum Gasteiger partial charge on any atom is -0.0654 e. The Hall–Kier alpha value is 0.910. The van der Waals surface area contributed by atoms with E-state index in [0.29, 0.717) is 0 Å². The molecule has 0 rings (SSSR count). The zero-order valence-electron chi connectivity index (χ0n) is 12.5. The molecule has 0 aromatic carbocycles. The number of rotatable bonds is 15. The predicted octanol–water partition coefficient (Wildman–Crippen LogP) is 7.46. The summed E-state index contributed by atoms with van der Waals surface area (Å²) in [6.07, 6.45) is 21.9. The van der Waals surface area contributed by atoms with E-state index in [0.717, 1.165) is 7.28 Å². The monoisotopic (exact) mass is 336 g/mol. The van der Waals surface area contributed by atoms with Crippen molar-refractivity contribution in [2.24, 2.45) is 0 Å². The molecule has 0 spiro atoms. The molecular weight excluding hydrogens is 303 g/mol. The van der Waals surface area contributed by atoms with Crippen LogP contribution < -0.4 is 0 Å². The topological polar surface area (TPSA) is 0 Å². The first kappa shape index (κ1) is 18.9. The molecule has 0 heterocycles. The second-order valence-corrected chi connectivity index (χ2v) is 7.93. The second-order valence-electron chi connectivity index (χ2n) is 5.48. The molecular formula is C16H34BrP. The molecule has 0 aliphatic rings. The van der Waals surface area contributed by atoms with Crippen LogP contribution in [0.4, 0.5) is 0 Å². The van der Waals surface area contributed by atoms with Gasteiger partial charge >= 0.3 is 0 Å². The van der Waals surface area contributed by atoms with Gasteiger partial charge in [-0.05, 0) is 12.6 Å². The largest absolute Gasteiger partial charge is 0.0654 e. The minimum atomic E-state index is 0.982. The van der Waals surface area contributed by atoms with Crippen molar-refractivity contribution in [1.29, 1.82) is 0 Å². The van der Waals surface area contributed by atoms with Crippen molar-refractivity contribution < 1.29 is 0 Å². The zero-order chi connectivity index (χ0) is 13.3. The lowest BCUT2D eigenvalue weighted by Crippen LogP contribution is -1.83. The normalized spacial score (nSPS) is 11.7. The molecule has 0 aliphatic heterocycles. The molecule has 1 atom stereocenters. The van der Waals surface area contributed by atoms with Gasteiger partial charge in [-0.3, -0.25) is 0 Å². The van der Waals surface area contributed by atoms with Crippen molar-refractivity contribution >= 4 is 22.8 Å². The van der Waals surface area contributed by atoms with Crippen LogP contribution in [-0.2, 0) is 0 Å². The van der Waals surface area contributed by atoms with Crippen LogP contribution in [0.15, 0.2) is 0 Å². The highest BCUT2D eigenvalue weighted by Crippen LogP contribution is 2.21. The fourth-order valence-electron chi connectivity index (χ4n) is 2.39. The summed E-state index contributed by atoms with van der Waals surface area (Å²) in [6, 6.07) is 0. The molecule has 2 heteroatoms. The Kier molecular flexibility index (Phi) is 18.8. The van der Waals surface area contributed by atoms with Gasteiger partial charge in [0.15, 0.2) is 0 Å². The van der Waals surface area contributed by atoms with Crippen molar-refractivity contribution in [2.45, 2.75) is 96.8 Å². The molecule has 0 aromatic heterocycles. The van der Waals surface area contributed by atoms with E-state index in [1.54, 1.807) is 0 Å². The molecule has 0 saturated carbocycles. The number of hydrogen-bond donors (Lipinski definition) is 0. The van der Waals surface area contributed by atoms with Crippen LogP contribution in [0.2, 0.25) is 0 Å².